The number of benzene rings is 1. The topological polar surface area (TPSA) is 144 Å². The number of rotatable bonds is 13. The van der Waals surface area contributed by atoms with Gasteiger partial charge in [-0.2, -0.15) is 4.98 Å². The number of halogens is 1. The van der Waals surface area contributed by atoms with Crippen LogP contribution in [-0.4, -0.2) is 52.0 Å². The van der Waals surface area contributed by atoms with Gasteiger partial charge in [0.2, 0.25) is 5.95 Å². The van der Waals surface area contributed by atoms with Gasteiger partial charge in [-0.25, -0.2) is 9.37 Å². The summed E-state index contributed by atoms with van der Waals surface area (Å²) in [6, 6.07) is 4.54. The average molecular weight is 493 g/mol. The Morgan fingerprint density at radius 3 is 2.91 bits per heavy atom. The first-order valence-corrected chi connectivity index (χ1v) is 12.0. The molecule has 1 aromatic carbocycles. The Hall–Kier alpha value is -2.92. The van der Waals surface area contributed by atoms with Crippen LogP contribution in [0.25, 0.3) is 11.2 Å². The molecule has 2 heterocycles. The number of H-pyrrole nitrogens is 1. The molecule has 3 N–H and O–H groups in total. The molecule has 4 rings (SSSR count). The molecule has 3 aromatic rings. The van der Waals surface area contributed by atoms with Crippen molar-refractivity contribution in [2.24, 2.45) is 5.92 Å². The van der Waals surface area contributed by atoms with Gasteiger partial charge in [0.25, 0.3) is 5.56 Å². The first-order valence-electron chi connectivity index (χ1n) is 10.6. The van der Waals surface area contributed by atoms with Gasteiger partial charge in [0.05, 0.1) is 26.7 Å². The number of aromatic nitrogens is 4. The largest absolute Gasteiger partial charge is 0.494 e. The van der Waals surface area contributed by atoms with Crippen LogP contribution in [-0.2, 0) is 31.7 Å². The molecule has 11 nitrogen and oxygen atoms in total. The molecule has 0 bridgehead atoms. The van der Waals surface area contributed by atoms with Crippen LogP contribution in [0.15, 0.2) is 29.3 Å². The number of imidazole rings is 1. The molecule has 2 aromatic heterocycles. The zero-order valence-corrected chi connectivity index (χ0v) is 19.4. The number of hydrogen-bond acceptors (Lipinski definition) is 9. The fourth-order valence-corrected chi connectivity index (χ4v) is 4.22. The molecule has 1 saturated carbocycles. The highest BCUT2D eigenvalue weighted by molar-refractivity contribution is 7.47. The highest BCUT2D eigenvalue weighted by atomic mass is 31.2. The maximum atomic E-state index is 14.0. The van der Waals surface area contributed by atoms with Gasteiger partial charge in [0.1, 0.15) is 13.0 Å². The van der Waals surface area contributed by atoms with E-state index >= 15 is 0 Å². The number of hydrogen-bond donors (Lipinski definition) is 2. The van der Waals surface area contributed by atoms with E-state index in [4.69, 9.17) is 24.3 Å². The lowest BCUT2D eigenvalue weighted by Crippen LogP contribution is -2.13. The first-order chi connectivity index (χ1) is 16.4. The number of aromatic amines is 1. The molecule has 34 heavy (non-hydrogen) atoms. The number of nitrogens with one attached hydrogen (secondary N) is 1. The summed E-state index contributed by atoms with van der Waals surface area (Å²) in [5, 5.41) is 0. The Morgan fingerprint density at radius 2 is 2.18 bits per heavy atom. The van der Waals surface area contributed by atoms with Crippen molar-refractivity contribution in [1.82, 2.24) is 19.5 Å². The van der Waals surface area contributed by atoms with Crippen molar-refractivity contribution in [1.29, 1.82) is 0 Å². The molecule has 1 aliphatic carbocycles. The second-order valence-electron chi connectivity index (χ2n) is 7.69. The quantitative estimate of drug-likeness (QED) is 0.271. The number of anilines is 1. The monoisotopic (exact) mass is 493 g/mol. The van der Waals surface area contributed by atoms with Gasteiger partial charge in [-0.3, -0.25) is 14.6 Å². The van der Waals surface area contributed by atoms with Crippen LogP contribution in [0.5, 0.6) is 5.75 Å². The van der Waals surface area contributed by atoms with Crippen LogP contribution in [0.2, 0.25) is 0 Å². The van der Waals surface area contributed by atoms with Crippen LogP contribution in [0, 0.1) is 11.7 Å². The number of Topliss-reactive ketones (excluding diaryl/α,β-unsaturated/α-hetero) is 1. The predicted molar refractivity (Wildman–Crippen MR) is 122 cm³/mol. The number of nitrogens with zero attached hydrogens (tertiary/aromatic N) is 3. The van der Waals surface area contributed by atoms with Crippen molar-refractivity contribution in [2.45, 2.75) is 26.0 Å². The van der Waals surface area contributed by atoms with Crippen LogP contribution >= 0.6 is 8.38 Å². The number of ether oxygens (including phenoxy) is 2. The summed E-state index contributed by atoms with van der Waals surface area (Å²) in [6.45, 7) is 0.653. The normalized spacial score (nSPS) is 14.4. The van der Waals surface area contributed by atoms with Crippen molar-refractivity contribution in [3.63, 3.8) is 0 Å². The van der Waals surface area contributed by atoms with E-state index in [1.807, 2.05) is 0 Å². The number of nitrogens with two attached hydrogens (primary N) is 1. The number of methoxy groups -OCH3 is 1. The van der Waals surface area contributed by atoms with Gasteiger partial charge in [-0.15, -0.1) is 0 Å². The van der Waals surface area contributed by atoms with E-state index in [1.54, 1.807) is 10.6 Å². The predicted octanol–water partition coefficient (Wildman–Crippen LogP) is 2.35. The minimum absolute atomic E-state index is 0.000729. The lowest BCUT2D eigenvalue weighted by molar-refractivity contribution is -0.122. The van der Waals surface area contributed by atoms with Crippen molar-refractivity contribution in [2.75, 3.05) is 32.4 Å². The lowest BCUT2D eigenvalue weighted by atomic mass is 10.2. The van der Waals surface area contributed by atoms with E-state index in [1.165, 1.54) is 25.6 Å². The molecular weight excluding hydrogens is 468 g/mol. The van der Waals surface area contributed by atoms with E-state index < -0.39 is 19.8 Å². The molecule has 13 heteroatoms. The number of carbonyl (C=O) groups excluding carboxylic acids is 1. The Morgan fingerprint density at radius 1 is 1.35 bits per heavy atom. The maximum absolute atomic E-state index is 14.0. The Bertz CT molecular complexity index is 1210. The van der Waals surface area contributed by atoms with Gasteiger partial charge in [-0.05, 0) is 30.5 Å². The Kier molecular flexibility index (Phi) is 7.84. The third kappa shape index (κ3) is 6.15. The molecule has 182 valence electrons. The smallest absolute Gasteiger partial charge is 0.280 e. The van der Waals surface area contributed by atoms with E-state index in [9.17, 15) is 14.0 Å². The molecule has 1 aliphatic rings. The second-order valence-corrected chi connectivity index (χ2v) is 9.13. The number of nitrogen functional groups attached to an aromatic ring is 1. The third-order valence-corrected chi connectivity index (χ3v) is 6.37. The minimum Gasteiger partial charge on any atom is -0.494 e. The molecule has 1 fully saturated rings. The summed E-state index contributed by atoms with van der Waals surface area (Å²) < 4.78 is 37.8. The maximum Gasteiger partial charge on any atom is 0.280 e. The average Bonchev–Trinajstić information content (AvgIpc) is 3.59. The van der Waals surface area contributed by atoms with Crippen LogP contribution in [0.4, 0.5) is 10.3 Å². The number of ketones is 1. The van der Waals surface area contributed by atoms with E-state index in [0.717, 1.165) is 12.8 Å². The Labute approximate surface area is 195 Å². The first kappa shape index (κ1) is 24.2. The number of carbonyl (C=O) groups is 1. The highest BCUT2D eigenvalue weighted by Crippen LogP contribution is 2.40. The summed E-state index contributed by atoms with van der Waals surface area (Å²) in [5.74, 6) is -0.224. The molecule has 1 atom stereocenters. The van der Waals surface area contributed by atoms with Crippen molar-refractivity contribution >= 4 is 31.3 Å². The summed E-state index contributed by atoms with van der Waals surface area (Å²) in [4.78, 5) is 34.5. The fourth-order valence-electron chi connectivity index (χ4n) is 3.15. The summed E-state index contributed by atoms with van der Waals surface area (Å²) in [6.07, 6.45) is 3.37. The van der Waals surface area contributed by atoms with Gasteiger partial charge >= 0.3 is 0 Å². The molecule has 1 unspecified atom stereocenters. The second kappa shape index (κ2) is 11.0. The molecule has 0 saturated heterocycles. The van der Waals surface area contributed by atoms with Crippen LogP contribution in [0.1, 0.15) is 18.4 Å². The summed E-state index contributed by atoms with van der Waals surface area (Å²) >= 11 is 0. The van der Waals surface area contributed by atoms with Crippen molar-refractivity contribution in [3.05, 3.63) is 46.3 Å². The summed E-state index contributed by atoms with van der Waals surface area (Å²) in [7, 11) is -0.167. The van der Waals surface area contributed by atoms with Gasteiger partial charge in [-0.1, -0.05) is 6.07 Å². The number of fused-ring (bicyclic) bond motifs is 1. The molecular formula is C21H25FN5O6P. The molecule has 0 amide bonds. The van der Waals surface area contributed by atoms with E-state index in [0.29, 0.717) is 17.8 Å². The zero-order valence-electron chi connectivity index (χ0n) is 18.5. The van der Waals surface area contributed by atoms with Crippen molar-refractivity contribution in [3.8, 4) is 5.75 Å². The zero-order chi connectivity index (χ0) is 24.1. The molecule has 0 radical (unpaired) electrons. The van der Waals surface area contributed by atoms with E-state index in [-0.39, 0.29) is 55.1 Å². The van der Waals surface area contributed by atoms with Crippen LogP contribution in [0.3, 0.4) is 0 Å². The lowest BCUT2D eigenvalue weighted by Gasteiger charge is -2.18. The highest BCUT2D eigenvalue weighted by Gasteiger charge is 2.30. The van der Waals surface area contributed by atoms with Gasteiger partial charge in [0.15, 0.2) is 36.9 Å². The Balaban J connectivity index is 1.32. The SMILES string of the molecule is COc1ccc(COP(COCCn2cnc3c(=O)[nH]c(N)nc32)OCC(=O)C2CC2)cc1F. The summed E-state index contributed by atoms with van der Waals surface area (Å²) in [5.41, 5.74) is 6.34. The fraction of sp³-hybridized carbons (Fsp3) is 0.429. The standard InChI is InChI=1S/C21H25FN5O6P/c1-30-17-5-2-13(8-15(17)22)9-32-34(33-10-16(28)14-3-4-14)12-31-7-6-27-11-24-18-19(27)25-21(23)26-20(18)29/h2,5,8,11,14H,3-4,6-7,9-10,12H2,1H3,(H3,23,25,26,29). The minimum atomic E-state index is -1.56. The van der Waals surface area contributed by atoms with E-state index in [2.05, 4.69) is 15.0 Å². The van der Waals surface area contributed by atoms with Gasteiger partial charge < -0.3 is 28.8 Å². The molecule has 0 aliphatic heterocycles. The van der Waals surface area contributed by atoms with Gasteiger partial charge in [0, 0.05) is 12.5 Å². The molecule has 0 spiro atoms. The van der Waals surface area contributed by atoms with Crippen LogP contribution < -0.4 is 16.0 Å². The third-order valence-electron chi connectivity index (χ3n) is 5.14. The van der Waals surface area contributed by atoms with Crippen molar-refractivity contribution < 1.29 is 27.7 Å².